The Morgan fingerprint density at radius 1 is 0.792 bits per heavy atom. The standard InChI is InChI=1S/C21H22N2O/c1-15-5-7-17(8-6-15)21(3,4)18-9-11-19(12-10-18)24-20-13-14-22-16(2)23-20/h5-14H,1-4H3. The minimum atomic E-state index is -0.0578. The van der Waals surface area contributed by atoms with E-state index in [0.717, 1.165) is 5.75 Å². The Kier molecular flexibility index (Phi) is 4.34. The molecule has 3 nitrogen and oxygen atoms in total. The molecule has 1 aromatic heterocycles. The number of benzene rings is 2. The smallest absolute Gasteiger partial charge is 0.222 e. The second-order valence-electron chi connectivity index (χ2n) is 6.56. The van der Waals surface area contributed by atoms with Gasteiger partial charge in [0.25, 0.3) is 0 Å². The molecular formula is C21H22N2O. The van der Waals surface area contributed by atoms with Crippen LogP contribution in [0.15, 0.2) is 60.8 Å². The summed E-state index contributed by atoms with van der Waals surface area (Å²) in [4.78, 5) is 8.34. The SMILES string of the molecule is Cc1ccc(C(C)(C)c2ccc(Oc3ccnc(C)n3)cc2)cc1. The summed E-state index contributed by atoms with van der Waals surface area (Å²) in [6, 6.07) is 18.7. The van der Waals surface area contributed by atoms with E-state index in [-0.39, 0.29) is 5.41 Å². The maximum Gasteiger partial charge on any atom is 0.222 e. The molecule has 1 heterocycles. The van der Waals surface area contributed by atoms with Gasteiger partial charge in [-0.1, -0.05) is 55.8 Å². The Labute approximate surface area is 143 Å². The molecule has 0 radical (unpaired) electrons. The van der Waals surface area contributed by atoms with E-state index in [2.05, 4.69) is 67.1 Å². The van der Waals surface area contributed by atoms with E-state index in [1.807, 2.05) is 19.1 Å². The number of hydrogen-bond donors (Lipinski definition) is 0. The van der Waals surface area contributed by atoms with Gasteiger partial charge < -0.3 is 4.74 Å². The van der Waals surface area contributed by atoms with Crippen molar-refractivity contribution in [1.82, 2.24) is 9.97 Å². The molecule has 0 aliphatic carbocycles. The minimum Gasteiger partial charge on any atom is -0.439 e. The van der Waals surface area contributed by atoms with Crippen LogP contribution in [0.2, 0.25) is 0 Å². The lowest BCUT2D eigenvalue weighted by molar-refractivity contribution is 0.459. The first kappa shape index (κ1) is 16.2. The fourth-order valence-electron chi connectivity index (χ4n) is 2.69. The highest BCUT2D eigenvalue weighted by molar-refractivity contribution is 5.41. The third kappa shape index (κ3) is 3.46. The monoisotopic (exact) mass is 318 g/mol. The molecular weight excluding hydrogens is 296 g/mol. The molecule has 0 unspecified atom stereocenters. The molecule has 0 atom stereocenters. The third-order valence-electron chi connectivity index (χ3n) is 4.32. The first-order valence-electron chi connectivity index (χ1n) is 8.10. The van der Waals surface area contributed by atoms with Gasteiger partial charge in [-0.15, -0.1) is 0 Å². The quantitative estimate of drug-likeness (QED) is 0.662. The van der Waals surface area contributed by atoms with Gasteiger partial charge in [-0.3, -0.25) is 0 Å². The van der Waals surface area contributed by atoms with Gasteiger partial charge >= 0.3 is 0 Å². The van der Waals surface area contributed by atoms with Crippen LogP contribution in [-0.4, -0.2) is 9.97 Å². The molecule has 0 N–H and O–H groups in total. The maximum absolute atomic E-state index is 5.80. The molecule has 2 aromatic carbocycles. The second-order valence-corrected chi connectivity index (χ2v) is 6.56. The van der Waals surface area contributed by atoms with Gasteiger partial charge in [-0.25, -0.2) is 4.98 Å². The van der Waals surface area contributed by atoms with Crippen molar-refractivity contribution < 1.29 is 4.74 Å². The molecule has 3 heteroatoms. The zero-order chi connectivity index (χ0) is 17.2. The zero-order valence-electron chi connectivity index (χ0n) is 14.6. The molecule has 0 saturated heterocycles. The number of ether oxygens (including phenoxy) is 1. The van der Waals surface area contributed by atoms with Gasteiger partial charge in [0.1, 0.15) is 11.6 Å². The normalized spacial score (nSPS) is 11.3. The molecule has 3 rings (SSSR count). The average Bonchev–Trinajstić information content (AvgIpc) is 2.56. The lowest BCUT2D eigenvalue weighted by atomic mass is 9.78. The lowest BCUT2D eigenvalue weighted by Crippen LogP contribution is -2.18. The van der Waals surface area contributed by atoms with E-state index in [1.54, 1.807) is 12.3 Å². The van der Waals surface area contributed by atoms with E-state index < -0.39 is 0 Å². The van der Waals surface area contributed by atoms with Gasteiger partial charge in [-0.05, 0) is 37.1 Å². The van der Waals surface area contributed by atoms with Crippen LogP contribution < -0.4 is 4.74 Å². The molecule has 3 aromatic rings. The predicted molar refractivity (Wildman–Crippen MR) is 96.6 cm³/mol. The van der Waals surface area contributed by atoms with Crippen LogP contribution >= 0.6 is 0 Å². The Morgan fingerprint density at radius 3 is 1.96 bits per heavy atom. The Bertz CT molecular complexity index is 821. The van der Waals surface area contributed by atoms with Crippen molar-refractivity contribution in [3.8, 4) is 11.6 Å². The van der Waals surface area contributed by atoms with Crippen LogP contribution in [0.1, 0.15) is 36.4 Å². The second kappa shape index (κ2) is 6.44. The highest BCUT2D eigenvalue weighted by Crippen LogP contribution is 2.33. The highest BCUT2D eigenvalue weighted by Gasteiger charge is 2.22. The van der Waals surface area contributed by atoms with Crippen molar-refractivity contribution in [3.05, 3.63) is 83.3 Å². The number of hydrogen-bond acceptors (Lipinski definition) is 3. The molecule has 0 aliphatic heterocycles. The Hall–Kier alpha value is -2.68. The molecule has 0 spiro atoms. The maximum atomic E-state index is 5.80. The van der Waals surface area contributed by atoms with Gasteiger partial charge in [0.15, 0.2) is 0 Å². The van der Waals surface area contributed by atoms with Crippen molar-refractivity contribution in [2.45, 2.75) is 33.1 Å². The number of rotatable bonds is 4. The summed E-state index contributed by atoms with van der Waals surface area (Å²) in [6.45, 7) is 8.43. The van der Waals surface area contributed by atoms with E-state index in [1.165, 1.54) is 16.7 Å². The molecule has 0 aliphatic rings. The largest absolute Gasteiger partial charge is 0.439 e. The van der Waals surface area contributed by atoms with Crippen molar-refractivity contribution >= 4 is 0 Å². The average molecular weight is 318 g/mol. The summed E-state index contributed by atoms with van der Waals surface area (Å²) in [7, 11) is 0. The first-order valence-corrected chi connectivity index (χ1v) is 8.10. The Morgan fingerprint density at radius 2 is 1.38 bits per heavy atom. The third-order valence-corrected chi connectivity index (χ3v) is 4.32. The van der Waals surface area contributed by atoms with Crippen LogP contribution in [0.25, 0.3) is 0 Å². The topological polar surface area (TPSA) is 35.0 Å². The lowest BCUT2D eigenvalue weighted by Gasteiger charge is -2.26. The molecule has 0 amide bonds. The number of nitrogens with zero attached hydrogens (tertiary/aromatic N) is 2. The fraction of sp³-hybridized carbons (Fsp3) is 0.238. The summed E-state index contributed by atoms with van der Waals surface area (Å²) in [5, 5.41) is 0. The van der Waals surface area contributed by atoms with E-state index >= 15 is 0 Å². The van der Waals surface area contributed by atoms with Crippen molar-refractivity contribution in [2.24, 2.45) is 0 Å². The number of aryl methyl sites for hydroxylation is 2. The van der Waals surface area contributed by atoms with Crippen LogP contribution in [-0.2, 0) is 5.41 Å². The minimum absolute atomic E-state index is 0.0578. The predicted octanol–water partition coefficient (Wildman–Crippen LogP) is 5.21. The molecule has 122 valence electrons. The summed E-state index contributed by atoms with van der Waals surface area (Å²) in [6.07, 6.45) is 1.70. The van der Waals surface area contributed by atoms with E-state index in [0.29, 0.717) is 11.7 Å². The number of aromatic nitrogens is 2. The zero-order valence-corrected chi connectivity index (χ0v) is 14.6. The molecule has 24 heavy (non-hydrogen) atoms. The van der Waals surface area contributed by atoms with Crippen molar-refractivity contribution in [1.29, 1.82) is 0 Å². The first-order chi connectivity index (χ1) is 11.4. The van der Waals surface area contributed by atoms with Gasteiger partial charge in [-0.2, -0.15) is 4.98 Å². The van der Waals surface area contributed by atoms with Crippen LogP contribution in [0, 0.1) is 13.8 Å². The van der Waals surface area contributed by atoms with Crippen LogP contribution in [0.3, 0.4) is 0 Å². The van der Waals surface area contributed by atoms with Crippen LogP contribution in [0.4, 0.5) is 0 Å². The Balaban J connectivity index is 1.82. The summed E-state index contributed by atoms with van der Waals surface area (Å²) < 4.78 is 5.80. The van der Waals surface area contributed by atoms with E-state index in [4.69, 9.17) is 4.74 Å². The van der Waals surface area contributed by atoms with Gasteiger partial charge in [0, 0.05) is 17.7 Å². The molecule has 0 saturated carbocycles. The molecule has 0 fully saturated rings. The highest BCUT2D eigenvalue weighted by atomic mass is 16.5. The van der Waals surface area contributed by atoms with E-state index in [9.17, 15) is 0 Å². The fourth-order valence-corrected chi connectivity index (χ4v) is 2.69. The van der Waals surface area contributed by atoms with Crippen molar-refractivity contribution in [2.75, 3.05) is 0 Å². The summed E-state index contributed by atoms with van der Waals surface area (Å²) in [5.74, 6) is 2.04. The molecule has 0 bridgehead atoms. The van der Waals surface area contributed by atoms with Crippen molar-refractivity contribution in [3.63, 3.8) is 0 Å². The summed E-state index contributed by atoms with van der Waals surface area (Å²) in [5.41, 5.74) is 3.77. The van der Waals surface area contributed by atoms with Crippen LogP contribution in [0.5, 0.6) is 11.6 Å². The summed E-state index contributed by atoms with van der Waals surface area (Å²) >= 11 is 0. The van der Waals surface area contributed by atoms with Gasteiger partial charge in [0.05, 0.1) is 0 Å². The van der Waals surface area contributed by atoms with Gasteiger partial charge in [0.2, 0.25) is 5.88 Å².